The zero-order valence-electron chi connectivity index (χ0n) is 17.4. The van der Waals surface area contributed by atoms with Crippen LogP contribution in [0.1, 0.15) is 16.2 Å². The molecule has 1 aliphatic rings. The van der Waals surface area contributed by atoms with Crippen LogP contribution in [-0.2, 0) is 23.0 Å². The van der Waals surface area contributed by atoms with Gasteiger partial charge in [0.05, 0.1) is 17.7 Å². The Balaban J connectivity index is 1.69. The molecule has 0 saturated carbocycles. The van der Waals surface area contributed by atoms with Crippen molar-refractivity contribution in [3.05, 3.63) is 66.0 Å². The highest BCUT2D eigenvalue weighted by molar-refractivity contribution is 7.89. The second kappa shape index (κ2) is 8.52. The molecule has 1 amide bonds. The van der Waals surface area contributed by atoms with Crippen molar-refractivity contribution in [2.45, 2.75) is 17.9 Å². The van der Waals surface area contributed by atoms with Crippen molar-refractivity contribution in [3.63, 3.8) is 0 Å². The molecule has 0 unspecified atom stereocenters. The molecule has 1 aliphatic heterocycles. The lowest BCUT2D eigenvalue weighted by atomic mass is 10.2. The van der Waals surface area contributed by atoms with Gasteiger partial charge in [-0.2, -0.15) is 4.31 Å². The summed E-state index contributed by atoms with van der Waals surface area (Å²) in [6.07, 6.45) is 0.387. The molecule has 2 aromatic carbocycles. The fourth-order valence-electron chi connectivity index (χ4n) is 3.78. The summed E-state index contributed by atoms with van der Waals surface area (Å²) in [5.41, 5.74) is 1.96. The van der Waals surface area contributed by atoms with Crippen LogP contribution >= 0.6 is 0 Å². The fraction of sp³-hybridized carbons (Fsp3) is 0.273. The van der Waals surface area contributed by atoms with E-state index >= 15 is 0 Å². The maximum Gasteiger partial charge on any atom is 0.271 e. The predicted octanol–water partition coefficient (Wildman–Crippen LogP) is 2.17. The largest absolute Gasteiger partial charge is 0.497 e. The molecule has 8 nitrogen and oxygen atoms in total. The van der Waals surface area contributed by atoms with Crippen LogP contribution in [0.3, 0.4) is 0 Å². The number of carbonyl (C=O) groups is 1. The van der Waals surface area contributed by atoms with Crippen molar-refractivity contribution in [1.29, 1.82) is 0 Å². The Kier molecular flexibility index (Phi) is 5.79. The van der Waals surface area contributed by atoms with Gasteiger partial charge >= 0.3 is 0 Å². The van der Waals surface area contributed by atoms with Crippen LogP contribution in [0, 0.1) is 0 Å². The lowest BCUT2D eigenvalue weighted by molar-refractivity contribution is 0.0957. The normalized spacial score (nSPS) is 14.5. The number of fused-ring (bicyclic) bond motifs is 1. The van der Waals surface area contributed by atoms with Gasteiger partial charge in [0.25, 0.3) is 5.91 Å². The summed E-state index contributed by atoms with van der Waals surface area (Å²) in [4.78, 5) is 17.3. The van der Waals surface area contributed by atoms with Gasteiger partial charge in [0.1, 0.15) is 17.3 Å². The van der Waals surface area contributed by atoms with E-state index < -0.39 is 10.0 Å². The van der Waals surface area contributed by atoms with Crippen molar-refractivity contribution >= 4 is 15.9 Å². The third kappa shape index (κ3) is 3.94. The highest BCUT2D eigenvalue weighted by atomic mass is 32.2. The van der Waals surface area contributed by atoms with E-state index in [1.54, 1.807) is 31.3 Å². The highest BCUT2D eigenvalue weighted by Crippen LogP contribution is 2.27. The summed E-state index contributed by atoms with van der Waals surface area (Å²) in [5.74, 6) is 0.981. The van der Waals surface area contributed by atoms with E-state index in [1.807, 2.05) is 34.9 Å². The van der Waals surface area contributed by atoms with Crippen molar-refractivity contribution in [2.75, 3.05) is 27.2 Å². The van der Waals surface area contributed by atoms with E-state index in [9.17, 15) is 13.2 Å². The molecule has 31 heavy (non-hydrogen) atoms. The average molecular weight is 441 g/mol. The Hall–Kier alpha value is -3.17. The molecule has 1 aromatic heterocycles. The molecule has 9 heteroatoms. The predicted molar refractivity (Wildman–Crippen MR) is 117 cm³/mol. The Morgan fingerprint density at radius 3 is 2.39 bits per heavy atom. The number of benzene rings is 2. The van der Waals surface area contributed by atoms with E-state index in [2.05, 4.69) is 10.3 Å². The van der Waals surface area contributed by atoms with Crippen molar-refractivity contribution in [2.24, 2.45) is 0 Å². The standard InChI is InChI=1S/C22H24N4O4S/c1-23-22(27)20-19-12-13-25(31(28,29)18-10-8-17(30-2)9-11-18)14-15-26(19)21(24-20)16-6-4-3-5-7-16/h3-11H,12-15H2,1-2H3,(H,23,27). The SMILES string of the molecule is CNC(=O)c1nc(-c2ccccc2)n2c1CCN(S(=O)(=O)c1ccc(OC)cc1)CC2. The van der Waals surface area contributed by atoms with Crippen LogP contribution in [0.25, 0.3) is 11.4 Å². The molecule has 1 N–H and O–H groups in total. The highest BCUT2D eigenvalue weighted by Gasteiger charge is 2.30. The lowest BCUT2D eigenvalue weighted by Crippen LogP contribution is -2.33. The number of nitrogens with one attached hydrogen (secondary N) is 1. The van der Waals surface area contributed by atoms with Gasteiger partial charge in [-0.25, -0.2) is 13.4 Å². The molecular formula is C22H24N4O4S. The van der Waals surface area contributed by atoms with Gasteiger partial charge in [0, 0.05) is 38.7 Å². The third-order valence-corrected chi connectivity index (χ3v) is 7.33. The molecule has 2 heterocycles. The summed E-state index contributed by atoms with van der Waals surface area (Å²) in [7, 11) is -0.579. The smallest absolute Gasteiger partial charge is 0.271 e. The third-order valence-electron chi connectivity index (χ3n) is 5.41. The Morgan fingerprint density at radius 1 is 1.03 bits per heavy atom. The van der Waals surface area contributed by atoms with Gasteiger partial charge in [-0.05, 0) is 24.3 Å². The topological polar surface area (TPSA) is 93.5 Å². The first-order chi connectivity index (χ1) is 15.0. The quantitative estimate of drug-likeness (QED) is 0.656. The van der Waals surface area contributed by atoms with Gasteiger partial charge < -0.3 is 14.6 Å². The van der Waals surface area contributed by atoms with Crippen LogP contribution in [0.4, 0.5) is 0 Å². The summed E-state index contributed by atoms with van der Waals surface area (Å²) in [6.45, 7) is 0.946. The van der Waals surface area contributed by atoms with E-state index in [1.165, 1.54) is 11.4 Å². The number of rotatable bonds is 5. The first kappa shape index (κ1) is 21.1. The second-order valence-electron chi connectivity index (χ2n) is 7.16. The summed E-state index contributed by atoms with van der Waals surface area (Å²) in [5, 5.41) is 2.64. The number of imidazole rings is 1. The molecule has 0 atom stereocenters. The zero-order chi connectivity index (χ0) is 22.0. The van der Waals surface area contributed by atoms with E-state index in [0.717, 1.165) is 11.3 Å². The maximum atomic E-state index is 13.2. The Morgan fingerprint density at radius 2 is 1.74 bits per heavy atom. The minimum absolute atomic E-state index is 0.216. The van der Waals surface area contributed by atoms with E-state index in [0.29, 0.717) is 30.2 Å². The summed E-state index contributed by atoms with van der Waals surface area (Å²) < 4.78 is 35.0. The Labute approximate surface area is 181 Å². The first-order valence-electron chi connectivity index (χ1n) is 9.97. The molecule has 0 radical (unpaired) electrons. The van der Waals surface area contributed by atoms with Crippen molar-refractivity contribution in [1.82, 2.24) is 19.2 Å². The van der Waals surface area contributed by atoms with E-state index in [-0.39, 0.29) is 23.9 Å². The molecule has 0 saturated heterocycles. The lowest BCUT2D eigenvalue weighted by Gasteiger charge is -2.20. The number of carbonyl (C=O) groups excluding carboxylic acids is 1. The summed E-state index contributed by atoms with van der Waals surface area (Å²) in [6, 6.07) is 16.0. The van der Waals surface area contributed by atoms with Gasteiger partial charge in [-0.3, -0.25) is 4.79 Å². The second-order valence-corrected chi connectivity index (χ2v) is 9.10. The average Bonchev–Trinajstić information content (AvgIpc) is 3.02. The number of amides is 1. The minimum atomic E-state index is -3.68. The van der Waals surface area contributed by atoms with Gasteiger partial charge in [0.2, 0.25) is 10.0 Å². The molecule has 4 rings (SSSR count). The molecule has 0 spiro atoms. The van der Waals surface area contributed by atoms with Gasteiger partial charge in [0.15, 0.2) is 0 Å². The van der Waals surface area contributed by atoms with Crippen LogP contribution in [-0.4, -0.2) is 55.4 Å². The Bertz CT molecular complexity index is 1190. The summed E-state index contributed by atoms with van der Waals surface area (Å²) >= 11 is 0. The molecule has 162 valence electrons. The van der Waals surface area contributed by atoms with Crippen LogP contribution in [0.15, 0.2) is 59.5 Å². The zero-order valence-corrected chi connectivity index (χ0v) is 18.2. The van der Waals surface area contributed by atoms with Crippen LogP contribution in [0.5, 0.6) is 5.75 Å². The number of methoxy groups -OCH3 is 1. The molecule has 0 bridgehead atoms. The van der Waals surface area contributed by atoms with Crippen LogP contribution in [0.2, 0.25) is 0 Å². The van der Waals surface area contributed by atoms with Crippen LogP contribution < -0.4 is 10.1 Å². The number of sulfonamides is 1. The number of ether oxygens (including phenoxy) is 1. The molecule has 0 aliphatic carbocycles. The first-order valence-corrected chi connectivity index (χ1v) is 11.4. The molecule has 3 aromatic rings. The number of nitrogens with zero attached hydrogens (tertiary/aromatic N) is 3. The van der Waals surface area contributed by atoms with Gasteiger partial charge in [-0.1, -0.05) is 30.3 Å². The number of hydrogen-bond acceptors (Lipinski definition) is 5. The molecule has 0 fully saturated rings. The maximum absolute atomic E-state index is 13.2. The van der Waals surface area contributed by atoms with Crippen molar-refractivity contribution < 1.29 is 17.9 Å². The number of aromatic nitrogens is 2. The monoisotopic (exact) mass is 440 g/mol. The minimum Gasteiger partial charge on any atom is -0.497 e. The number of hydrogen-bond donors (Lipinski definition) is 1. The van der Waals surface area contributed by atoms with Crippen molar-refractivity contribution in [3.8, 4) is 17.1 Å². The van der Waals surface area contributed by atoms with Gasteiger partial charge in [-0.15, -0.1) is 0 Å². The molecular weight excluding hydrogens is 416 g/mol. The fourth-order valence-corrected chi connectivity index (χ4v) is 5.21. The van der Waals surface area contributed by atoms with E-state index in [4.69, 9.17) is 4.74 Å².